The van der Waals surface area contributed by atoms with Gasteiger partial charge in [-0.05, 0) is 44.5 Å². The summed E-state index contributed by atoms with van der Waals surface area (Å²) < 4.78 is 5.79. The highest BCUT2D eigenvalue weighted by atomic mass is 16.5. The summed E-state index contributed by atoms with van der Waals surface area (Å²) >= 11 is 0. The fourth-order valence-electron chi connectivity index (χ4n) is 2.73. The summed E-state index contributed by atoms with van der Waals surface area (Å²) in [4.78, 5) is 7.26. The van der Waals surface area contributed by atoms with Gasteiger partial charge in [-0.3, -0.25) is 0 Å². The fraction of sp³-hybridized carbons (Fsp3) is 0.688. The van der Waals surface area contributed by atoms with E-state index in [-0.39, 0.29) is 6.10 Å². The van der Waals surface area contributed by atoms with Crippen LogP contribution >= 0.6 is 0 Å². The standard InChI is InChI=1S/C16H27N3O/c1-5-14-7-13(9-17-4)8-16(18-14)19-10-12(3)20-11-15(19)6-2/h7-8,12,15,17H,5-6,9-11H2,1-4H3. The van der Waals surface area contributed by atoms with E-state index in [1.54, 1.807) is 0 Å². The molecule has 20 heavy (non-hydrogen) atoms. The van der Waals surface area contributed by atoms with Gasteiger partial charge in [-0.25, -0.2) is 4.98 Å². The molecule has 1 aliphatic heterocycles. The Hall–Kier alpha value is -1.13. The van der Waals surface area contributed by atoms with Crippen LogP contribution in [0, 0.1) is 0 Å². The molecule has 112 valence electrons. The predicted octanol–water partition coefficient (Wildman–Crippen LogP) is 2.37. The van der Waals surface area contributed by atoms with Crippen molar-refractivity contribution in [3.05, 3.63) is 23.4 Å². The van der Waals surface area contributed by atoms with Gasteiger partial charge < -0.3 is 15.0 Å². The fourth-order valence-corrected chi connectivity index (χ4v) is 2.73. The summed E-state index contributed by atoms with van der Waals surface area (Å²) in [5.41, 5.74) is 2.48. The topological polar surface area (TPSA) is 37.4 Å². The summed E-state index contributed by atoms with van der Waals surface area (Å²) in [6.07, 6.45) is 2.34. The first-order chi connectivity index (χ1) is 9.67. The Labute approximate surface area is 122 Å². The second kappa shape index (κ2) is 7.04. The van der Waals surface area contributed by atoms with Gasteiger partial charge in [-0.2, -0.15) is 0 Å². The molecule has 1 fully saturated rings. The van der Waals surface area contributed by atoms with Crippen LogP contribution in [0.3, 0.4) is 0 Å². The number of aromatic nitrogens is 1. The quantitative estimate of drug-likeness (QED) is 0.896. The van der Waals surface area contributed by atoms with Crippen molar-refractivity contribution in [2.45, 2.75) is 52.3 Å². The van der Waals surface area contributed by atoms with Gasteiger partial charge in [0.2, 0.25) is 0 Å². The molecule has 4 heteroatoms. The third-order valence-corrected chi connectivity index (χ3v) is 3.90. The molecule has 2 unspecified atom stereocenters. The highest BCUT2D eigenvalue weighted by Crippen LogP contribution is 2.23. The minimum absolute atomic E-state index is 0.276. The minimum Gasteiger partial charge on any atom is -0.375 e. The van der Waals surface area contributed by atoms with Gasteiger partial charge in [0.25, 0.3) is 0 Å². The van der Waals surface area contributed by atoms with Crippen molar-refractivity contribution in [3.63, 3.8) is 0 Å². The molecule has 0 radical (unpaired) electrons. The summed E-state index contributed by atoms with van der Waals surface area (Å²) in [7, 11) is 1.98. The third-order valence-electron chi connectivity index (χ3n) is 3.90. The Morgan fingerprint density at radius 1 is 1.40 bits per heavy atom. The first-order valence-corrected chi connectivity index (χ1v) is 7.70. The molecule has 2 atom stereocenters. The van der Waals surface area contributed by atoms with E-state index in [0.29, 0.717) is 6.04 Å². The van der Waals surface area contributed by atoms with Crippen LogP contribution in [-0.2, 0) is 17.7 Å². The number of pyridine rings is 1. The Kier molecular flexibility index (Phi) is 5.38. The monoisotopic (exact) mass is 277 g/mol. The number of rotatable bonds is 5. The number of ether oxygens (including phenoxy) is 1. The number of morpholine rings is 1. The number of anilines is 1. The third kappa shape index (κ3) is 3.49. The van der Waals surface area contributed by atoms with Gasteiger partial charge in [-0.15, -0.1) is 0 Å². The maximum absolute atomic E-state index is 5.79. The molecular formula is C16H27N3O. The molecule has 0 aliphatic carbocycles. The van der Waals surface area contributed by atoms with Crippen LogP contribution in [0.5, 0.6) is 0 Å². The molecule has 0 aromatic carbocycles. The van der Waals surface area contributed by atoms with Gasteiger partial charge >= 0.3 is 0 Å². The van der Waals surface area contributed by atoms with E-state index >= 15 is 0 Å². The largest absolute Gasteiger partial charge is 0.375 e. The summed E-state index contributed by atoms with van der Waals surface area (Å²) in [6, 6.07) is 4.86. The van der Waals surface area contributed by atoms with Crippen molar-refractivity contribution in [3.8, 4) is 0 Å². The van der Waals surface area contributed by atoms with E-state index in [2.05, 4.69) is 43.1 Å². The summed E-state index contributed by atoms with van der Waals surface area (Å²) in [5, 5.41) is 3.23. The zero-order chi connectivity index (χ0) is 14.5. The molecule has 2 rings (SSSR count). The summed E-state index contributed by atoms with van der Waals surface area (Å²) in [6.45, 7) is 9.13. The van der Waals surface area contributed by atoms with E-state index in [4.69, 9.17) is 9.72 Å². The smallest absolute Gasteiger partial charge is 0.129 e. The van der Waals surface area contributed by atoms with Crippen molar-refractivity contribution < 1.29 is 4.74 Å². The normalized spacial score (nSPS) is 23.1. The lowest BCUT2D eigenvalue weighted by Gasteiger charge is -2.39. The second-order valence-electron chi connectivity index (χ2n) is 5.57. The average Bonchev–Trinajstić information content (AvgIpc) is 2.47. The number of nitrogens with zero attached hydrogens (tertiary/aromatic N) is 2. The van der Waals surface area contributed by atoms with Crippen LogP contribution in [0.4, 0.5) is 5.82 Å². The molecule has 0 amide bonds. The zero-order valence-electron chi connectivity index (χ0n) is 13.1. The first kappa shape index (κ1) is 15.3. The Balaban J connectivity index is 2.30. The molecule has 0 saturated carbocycles. The second-order valence-corrected chi connectivity index (χ2v) is 5.57. The molecular weight excluding hydrogens is 250 g/mol. The van der Waals surface area contributed by atoms with Crippen molar-refractivity contribution >= 4 is 5.82 Å². The molecule has 1 N–H and O–H groups in total. The van der Waals surface area contributed by atoms with E-state index in [0.717, 1.165) is 38.4 Å². The first-order valence-electron chi connectivity index (χ1n) is 7.70. The lowest BCUT2D eigenvalue weighted by molar-refractivity contribution is 0.0296. The van der Waals surface area contributed by atoms with Crippen LogP contribution in [0.2, 0.25) is 0 Å². The van der Waals surface area contributed by atoms with Crippen molar-refractivity contribution in [1.29, 1.82) is 0 Å². The van der Waals surface area contributed by atoms with Crippen LogP contribution in [0.15, 0.2) is 12.1 Å². The molecule has 1 aromatic rings. The number of hydrogen-bond acceptors (Lipinski definition) is 4. The maximum Gasteiger partial charge on any atom is 0.129 e. The van der Waals surface area contributed by atoms with Gasteiger partial charge in [-0.1, -0.05) is 13.8 Å². The average molecular weight is 277 g/mol. The van der Waals surface area contributed by atoms with Gasteiger partial charge in [0.1, 0.15) is 5.82 Å². The van der Waals surface area contributed by atoms with Crippen LogP contribution in [0.1, 0.15) is 38.4 Å². The molecule has 1 aliphatic rings. The molecule has 2 heterocycles. The molecule has 1 aromatic heterocycles. The van der Waals surface area contributed by atoms with Crippen LogP contribution in [-0.4, -0.2) is 37.3 Å². The van der Waals surface area contributed by atoms with Crippen molar-refractivity contribution in [1.82, 2.24) is 10.3 Å². The van der Waals surface area contributed by atoms with Crippen LogP contribution < -0.4 is 10.2 Å². The SMILES string of the molecule is CCc1cc(CNC)cc(N2CC(C)OCC2CC)n1. The van der Waals surface area contributed by atoms with Gasteiger partial charge in [0, 0.05) is 18.8 Å². The predicted molar refractivity (Wildman–Crippen MR) is 83.2 cm³/mol. The van der Waals surface area contributed by atoms with E-state index in [1.165, 1.54) is 11.3 Å². The number of aryl methyl sites for hydroxylation is 1. The van der Waals surface area contributed by atoms with E-state index < -0.39 is 0 Å². The molecule has 1 saturated heterocycles. The minimum atomic E-state index is 0.276. The summed E-state index contributed by atoms with van der Waals surface area (Å²) in [5.74, 6) is 1.11. The lowest BCUT2D eigenvalue weighted by Crippen LogP contribution is -2.49. The highest BCUT2D eigenvalue weighted by Gasteiger charge is 2.26. The maximum atomic E-state index is 5.79. The van der Waals surface area contributed by atoms with E-state index in [9.17, 15) is 0 Å². The van der Waals surface area contributed by atoms with Crippen molar-refractivity contribution in [2.75, 3.05) is 25.1 Å². The Bertz CT molecular complexity index is 436. The molecule has 0 spiro atoms. The van der Waals surface area contributed by atoms with Gasteiger partial charge in [0.15, 0.2) is 0 Å². The highest BCUT2D eigenvalue weighted by molar-refractivity contribution is 5.44. The van der Waals surface area contributed by atoms with E-state index in [1.807, 2.05) is 7.05 Å². The number of hydrogen-bond donors (Lipinski definition) is 1. The van der Waals surface area contributed by atoms with Crippen molar-refractivity contribution in [2.24, 2.45) is 0 Å². The molecule has 4 nitrogen and oxygen atoms in total. The molecule has 0 bridgehead atoms. The Morgan fingerprint density at radius 3 is 2.85 bits per heavy atom. The van der Waals surface area contributed by atoms with Crippen LogP contribution in [0.25, 0.3) is 0 Å². The lowest BCUT2D eigenvalue weighted by atomic mass is 10.1. The zero-order valence-corrected chi connectivity index (χ0v) is 13.1. The van der Waals surface area contributed by atoms with Gasteiger partial charge in [0.05, 0.1) is 18.8 Å². The Morgan fingerprint density at radius 2 is 2.20 bits per heavy atom. The number of nitrogens with one attached hydrogen (secondary N) is 1.